The Balaban J connectivity index is 2.76. The summed E-state index contributed by atoms with van der Waals surface area (Å²) in [5.74, 6) is -0.974. The molecule has 2 N–H and O–H groups in total. The van der Waals surface area contributed by atoms with Crippen LogP contribution in [0.1, 0.15) is 53.4 Å². The molecule has 1 rings (SSSR count). The second-order valence-corrected chi connectivity index (χ2v) is 6.47. The van der Waals surface area contributed by atoms with E-state index in [2.05, 4.69) is 5.32 Å². The maximum Gasteiger partial charge on any atom is 0.408 e. The summed E-state index contributed by atoms with van der Waals surface area (Å²) in [4.78, 5) is 23.0. The molecule has 0 saturated carbocycles. The minimum Gasteiger partial charge on any atom is -0.481 e. The Morgan fingerprint density at radius 1 is 1.30 bits per heavy atom. The zero-order valence-electron chi connectivity index (χ0n) is 12.7. The van der Waals surface area contributed by atoms with E-state index < -0.39 is 23.2 Å². The zero-order valence-corrected chi connectivity index (χ0v) is 12.7. The van der Waals surface area contributed by atoms with Gasteiger partial charge in [-0.1, -0.05) is 0 Å². The van der Waals surface area contributed by atoms with Crippen LogP contribution >= 0.6 is 0 Å². The van der Waals surface area contributed by atoms with Crippen molar-refractivity contribution in [3.63, 3.8) is 0 Å². The van der Waals surface area contributed by atoms with Crippen LogP contribution in [0.25, 0.3) is 0 Å². The predicted molar refractivity (Wildman–Crippen MR) is 73.6 cm³/mol. The number of ether oxygens (including phenoxy) is 2. The Hall–Kier alpha value is -1.30. The van der Waals surface area contributed by atoms with Crippen LogP contribution in [0.3, 0.4) is 0 Å². The van der Waals surface area contributed by atoms with Crippen molar-refractivity contribution < 1.29 is 24.2 Å². The molecule has 0 aromatic rings. The second kappa shape index (κ2) is 6.43. The topological polar surface area (TPSA) is 84.9 Å². The number of aliphatic carboxylic acids is 1. The van der Waals surface area contributed by atoms with Gasteiger partial charge in [-0.05, 0) is 47.0 Å². The Morgan fingerprint density at radius 2 is 1.95 bits per heavy atom. The van der Waals surface area contributed by atoms with Gasteiger partial charge < -0.3 is 19.9 Å². The fourth-order valence-electron chi connectivity index (χ4n) is 2.33. The molecule has 0 radical (unpaired) electrons. The molecular formula is C14H25NO5. The highest BCUT2D eigenvalue weighted by atomic mass is 16.6. The van der Waals surface area contributed by atoms with E-state index in [1.54, 1.807) is 27.7 Å². The minimum atomic E-state index is -0.974. The highest BCUT2D eigenvalue weighted by Crippen LogP contribution is 2.27. The second-order valence-electron chi connectivity index (χ2n) is 6.47. The van der Waals surface area contributed by atoms with E-state index >= 15 is 0 Å². The summed E-state index contributed by atoms with van der Waals surface area (Å²) < 4.78 is 10.8. The molecule has 116 valence electrons. The number of rotatable bonds is 4. The molecule has 1 aliphatic heterocycles. The van der Waals surface area contributed by atoms with Gasteiger partial charge in [-0.2, -0.15) is 0 Å². The van der Waals surface area contributed by atoms with Crippen molar-refractivity contribution in [2.45, 2.75) is 70.6 Å². The molecule has 0 aromatic heterocycles. The van der Waals surface area contributed by atoms with Crippen molar-refractivity contribution in [3.8, 4) is 0 Å². The van der Waals surface area contributed by atoms with Crippen LogP contribution < -0.4 is 5.32 Å². The third-order valence-corrected chi connectivity index (χ3v) is 3.20. The summed E-state index contributed by atoms with van der Waals surface area (Å²) in [5, 5.41) is 11.8. The van der Waals surface area contributed by atoms with Crippen LogP contribution in [0.2, 0.25) is 0 Å². The minimum absolute atomic E-state index is 0.198. The van der Waals surface area contributed by atoms with Crippen molar-refractivity contribution in [1.29, 1.82) is 0 Å². The van der Waals surface area contributed by atoms with E-state index in [0.29, 0.717) is 6.61 Å². The smallest absolute Gasteiger partial charge is 0.408 e. The fraction of sp³-hybridized carbons (Fsp3) is 0.857. The molecule has 1 fully saturated rings. The first-order valence-corrected chi connectivity index (χ1v) is 6.97. The number of hydrogen-bond donors (Lipinski definition) is 2. The number of alkyl carbamates (subject to hydrolysis) is 1. The summed E-state index contributed by atoms with van der Waals surface area (Å²) in [7, 11) is 0. The molecule has 1 heterocycles. The summed E-state index contributed by atoms with van der Waals surface area (Å²) in [6.07, 6.45) is 1.55. The molecule has 0 spiro atoms. The molecule has 0 aliphatic carbocycles. The number of amides is 1. The van der Waals surface area contributed by atoms with E-state index in [1.807, 2.05) is 0 Å². The van der Waals surface area contributed by atoms with Gasteiger partial charge in [0.25, 0.3) is 0 Å². The number of carbonyl (C=O) groups is 2. The summed E-state index contributed by atoms with van der Waals surface area (Å²) in [6.45, 7) is 7.57. The zero-order chi connectivity index (χ0) is 15.4. The largest absolute Gasteiger partial charge is 0.481 e. The molecule has 2 unspecified atom stereocenters. The van der Waals surface area contributed by atoms with Gasteiger partial charge in [0.05, 0.1) is 18.1 Å². The maximum absolute atomic E-state index is 11.9. The van der Waals surface area contributed by atoms with Crippen LogP contribution in [0.4, 0.5) is 4.79 Å². The van der Waals surface area contributed by atoms with E-state index in [1.165, 1.54) is 0 Å². The highest BCUT2D eigenvalue weighted by Gasteiger charge is 2.40. The molecule has 0 bridgehead atoms. The molecule has 2 atom stereocenters. The molecule has 1 saturated heterocycles. The van der Waals surface area contributed by atoms with E-state index in [4.69, 9.17) is 14.6 Å². The van der Waals surface area contributed by atoms with E-state index in [9.17, 15) is 9.59 Å². The van der Waals surface area contributed by atoms with Crippen molar-refractivity contribution in [2.24, 2.45) is 0 Å². The average molecular weight is 287 g/mol. The van der Waals surface area contributed by atoms with Crippen LogP contribution in [-0.4, -0.2) is 41.0 Å². The Kier molecular flexibility index (Phi) is 5.39. The van der Waals surface area contributed by atoms with Crippen LogP contribution in [-0.2, 0) is 14.3 Å². The lowest BCUT2D eigenvalue weighted by molar-refractivity contribution is -0.141. The van der Waals surface area contributed by atoms with E-state index in [-0.39, 0.29) is 12.5 Å². The van der Waals surface area contributed by atoms with Gasteiger partial charge in [0.2, 0.25) is 0 Å². The molecule has 6 heteroatoms. The normalized spacial score (nSPS) is 22.7. The van der Waals surface area contributed by atoms with Crippen molar-refractivity contribution in [1.82, 2.24) is 5.32 Å². The average Bonchev–Trinajstić information content (AvgIpc) is 2.26. The van der Waals surface area contributed by atoms with Crippen LogP contribution in [0.5, 0.6) is 0 Å². The first kappa shape index (κ1) is 16.8. The SMILES string of the molecule is CC(C)(C)OC(=O)NC(C)(CC(=O)O)C1CCCCO1. The Labute approximate surface area is 119 Å². The summed E-state index contributed by atoms with van der Waals surface area (Å²) >= 11 is 0. The van der Waals surface area contributed by atoms with Crippen LogP contribution in [0, 0.1) is 0 Å². The van der Waals surface area contributed by atoms with Crippen LogP contribution in [0.15, 0.2) is 0 Å². The fourth-order valence-corrected chi connectivity index (χ4v) is 2.33. The molecule has 1 aliphatic rings. The van der Waals surface area contributed by atoms with Gasteiger partial charge in [-0.15, -0.1) is 0 Å². The predicted octanol–water partition coefficient (Wildman–Crippen LogP) is 2.31. The Morgan fingerprint density at radius 3 is 2.40 bits per heavy atom. The first-order valence-electron chi connectivity index (χ1n) is 6.97. The number of carboxylic acid groups (broad SMARTS) is 1. The molecule has 1 amide bonds. The van der Waals surface area contributed by atoms with Gasteiger partial charge in [0, 0.05) is 6.61 Å². The molecule has 6 nitrogen and oxygen atoms in total. The molecular weight excluding hydrogens is 262 g/mol. The number of carbonyl (C=O) groups excluding carboxylic acids is 1. The van der Waals surface area contributed by atoms with Gasteiger partial charge in [0.1, 0.15) is 5.60 Å². The van der Waals surface area contributed by atoms with E-state index in [0.717, 1.165) is 19.3 Å². The lowest BCUT2D eigenvalue weighted by atomic mass is 9.86. The first-order chi connectivity index (χ1) is 9.12. The van der Waals surface area contributed by atoms with Gasteiger partial charge >= 0.3 is 12.1 Å². The lowest BCUT2D eigenvalue weighted by Crippen LogP contribution is -2.58. The van der Waals surface area contributed by atoms with Gasteiger partial charge in [-0.3, -0.25) is 4.79 Å². The molecule has 0 aromatic carbocycles. The van der Waals surface area contributed by atoms with Crippen molar-refractivity contribution >= 4 is 12.1 Å². The molecule has 20 heavy (non-hydrogen) atoms. The quantitative estimate of drug-likeness (QED) is 0.828. The summed E-state index contributed by atoms with van der Waals surface area (Å²) in [6, 6.07) is 0. The highest BCUT2D eigenvalue weighted by molar-refractivity contribution is 5.73. The standard InChI is InChI=1S/C14H25NO5/c1-13(2,3)20-12(18)15-14(4,9-11(16)17)10-7-5-6-8-19-10/h10H,5-9H2,1-4H3,(H,15,18)(H,16,17). The number of carboxylic acids is 1. The maximum atomic E-state index is 11.9. The lowest BCUT2D eigenvalue weighted by Gasteiger charge is -2.39. The number of nitrogens with one attached hydrogen (secondary N) is 1. The third-order valence-electron chi connectivity index (χ3n) is 3.20. The Bertz CT molecular complexity index is 357. The number of hydrogen-bond acceptors (Lipinski definition) is 4. The monoisotopic (exact) mass is 287 g/mol. The van der Waals surface area contributed by atoms with Gasteiger partial charge in [0.15, 0.2) is 0 Å². The summed E-state index contributed by atoms with van der Waals surface area (Å²) in [5.41, 5.74) is -1.59. The van der Waals surface area contributed by atoms with Gasteiger partial charge in [-0.25, -0.2) is 4.79 Å². The van der Waals surface area contributed by atoms with Crippen molar-refractivity contribution in [2.75, 3.05) is 6.61 Å². The third kappa shape index (κ3) is 5.36. The van der Waals surface area contributed by atoms with Crippen molar-refractivity contribution in [3.05, 3.63) is 0 Å².